The van der Waals surface area contributed by atoms with Gasteiger partial charge in [0.25, 0.3) is 0 Å². The number of nitrogens with zero attached hydrogens (tertiary/aromatic N) is 3. The number of amides is 1. The molecule has 0 spiro atoms. The number of aromatic nitrogens is 3. The van der Waals surface area contributed by atoms with Crippen LogP contribution >= 0.6 is 0 Å². The highest BCUT2D eigenvalue weighted by Gasteiger charge is 2.15. The first-order chi connectivity index (χ1) is 15.8. The van der Waals surface area contributed by atoms with E-state index >= 15 is 0 Å². The summed E-state index contributed by atoms with van der Waals surface area (Å²) in [6.45, 7) is 0.413. The Morgan fingerprint density at radius 2 is 1.88 bits per heavy atom. The molecule has 0 unspecified atom stereocenters. The molecule has 2 aromatic carbocycles. The van der Waals surface area contributed by atoms with Crippen molar-refractivity contribution in [1.82, 2.24) is 20.1 Å². The minimum absolute atomic E-state index is 0.197. The summed E-state index contributed by atoms with van der Waals surface area (Å²) < 4.78 is 7.83. The van der Waals surface area contributed by atoms with Crippen LogP contribution in [-0.2, 0) is 11.3 Å². The standard InChI is InChI=1S/C26H20N4O2/c31-25(28-17-19-7-6-14-27-16-19)13-12-21-18-30(22-9-2-1-3-10-22)29-26(21)24-15-20-8-4-5-11-23(20)32-24/h1-16,18H,17H2,(H,28,31)/b13-12+. The summed E-state index contributed by atoms with van der Waals surface area (Å²) in [5.41, 5.74) is 4.10. The second-order valence-corrected chi connectivity index (χ2v) is 7.27. The van der Waals surface area contributed by atoms with Crippen molar-refractivity contribution in [1.29, 1.82) is 0 Å². The van der Waals surface area contributed by atoms with E-state index in [9.17, 15) is 4.79 Å². The number of hydrogen-bond acceptors (Lipinski definition) is 4. The molecular formula is C26H20N4O2. The summed E-state index contributed by atoms with van der Waals surface area (Å²) in [6, 6.07) is 23.4. The normalized spacial score (nSPS) is 11.2. The fourth-order valence-corrected chi connectivity index (χ4v) is 3.43. The van der Waals surface area contributed by atoms with Crippen molar-refractivity contribution in [3.05, 3.63) is 109 Å². The van der Waals surface area contributed by atoms with Gasteiger partial charge in [0.15, 0.2) is 5.76 Å². The van der Waals surface area contributed by atoms with Crippen LogP contribution in [0.4, 0.5) is 0 Å². The van der Waals surface area contributed by atoms with Crippen LogP contribution in [0.25, 0.3) is 34.2 Å². The molecule has 3 heterocycles. The van der Waals surface area contributed by atoms with Gasteiger partial charge in [-0.25, -0.2) is 4.68 Å². The maximum atomic E-state index is 12.4. The van der Waals surface area contributed by atoms with Gasteiger partial charge in [0.05, 0.1) is 5.69 Å². The zero-order valence-corrected chi connectivity index (χ0v) is 17.2. The second kappa shape index (κ2) is 8.73. The fraction of sp³-hybridized carbons (Fsp3) is 0.0385. The summed E-state index contributed by atoms with van der Waals surface area (Å²) in [4.78, 5) is 16.4. The van der Waals surface area contributed by atoms with Crippen molar-refractivity contribution in [2.24, 2.45) is 0 Å². The van der Waals surface area contributed by atoms with E-state index in [0.717, 1.165) is 27.8 Å². The van der Waals surface area contributed by atoms with Crippen LogP contribution in [0.15, 0.2) is 102 Å². The van der Waals surface area contributed by atoms with Gasteiger partial charge in [-0.15, -0.1) is 0 Å². The zero-order chi connectivity index (χ0) is 21.8. The molecule has 0 aliphatic carbocycles. The van der Waals surface area contributed by atoms with Crippen LogP contribution < -0.4 is 5.32 Å². The smallest absolute Gasteiger partial charge is 0.244 e. The van der Waals surface area contributed by atoms with Crippen molar-refractivity contribution in [2.45, 2.75) is 6.54 Å². The molecule has 1 amide bonds. The lowest BCUT2D eigenvalue weighted by Crippen LogP contribution is -2.20. The average Bonchev–Trinajstić information content (AvgIpc) is 3.47. The van der Waals surface area contributed by atoms with Crippen LogP contribution in [0.3, 0.4) is 0 Å². The maximum absolute atomic E-state index is 12.4. The highest BCUT2D eigenvalue weighted by Crippen LogP contribution is 2.30. The molecule has 0 atom stereocenters. The zero-order valence-electron chi connectivity index (χ0n) is 17.2. The Kier molecular flexibility index (Phi) is 5.32. The molecule has 6 heteroatoms. The summed E-state index contributed by atoms with van der Waals surface area (Å²) >= 11 is 0. The number of nitrogens with one attached hydrogen (secondary N) is 1. The van der Waals surface area contributed by atoms with Crippen molar-refractivity contribution < 1.29 is 9.21 Å². The highest BCUT2D eigenvalue weighted by molar-refractivity contribution is 5.93. The Labute approximate surface area is 184 Å². The van der Waals surface area contributed by atoms with Crippen LogP contribution in [0, 0.1) is 0 Å². The summed E-state index contributed by atoms with van der Waals surface area (Å²) in [7, 11) is 0. The van der Waals surface area contributed by atoms with E-state index < -0.39 is 0 Å². The number of carbonyl (C=O) groups excluding carboxylic acids is 1. The quantitative estimate of drug-likeness (QED) is 0.392. The number of benzene rings is 2. The molecule has 0 saturated heterocycles. The number of hydrogen-bond donors (Lipinski definition) is 1. The van der Waals surface area contributed by atoms with Gasteiger partial charge >= 0.3 is 0 Å². The Morgan fingerprint density at radius 3 is 2.69 bits per heavy atom. The minimum Gasteiger partial charge on any atom is -0.454 e. The van der Waals surface area contributed by atoms with Gasteiger partial charge < -0.3 is 9.73 Å². The van der Waals surface area contributed by atoms with E-state index in [2.05, 4.69) is 10.3 Å². The van der Waals surface area contributed by atoms with Gasteiger partial charge in [-0.05, 0) is 42.0 Å². The number of para-hydroxylation sites is 2. The topological polar surface area (TPSA) is 73.0 Å². The lowest BCUT2D eigenvalue weighted by molar-refractivity contribution is -0.116. The molecule has 156 valence electrons. The average molecular weight is 420 g/mol. The number of fused-ring (bicyclic) bond motifs is 1. The van der Waals surface area contributed by atoms with Gasteiger partial charge in [0, 0.05) is 42.2 Å². The molecular weight excluding hydrogens is 400 g/mol. The fourth-order valence-electron chi connectivity index (χ4n) is 3.43. The van der Waals surface area contributed by atoms with Gasteiger partial charge in [-0.2, -0.15) is 5.10 Å². The van der Waals surface area contributed by atoms with Crippen molar-refractivity contribution in [3.8, 4) is 17.1 Å². The SMILES string of the molecule is O=C(/C=C/c1cn(-c2ccccc2)nc1-c1cc2ccccc2o1)NCc1cccnc1. The predicted octanol–water partition coefficient (Wildman–Crippen LogP) is 5.01. The molecule has 0 saturated carbocycles. The third-order valence-electron chi connectivity index (χ3n) is 5.03. The number of furan rings is 1. The Balaban J connectivity index is 1.45. The van der Waals surface area contributed by atoms with E-state index in [0.29, 0.717) is 18.0 Å². The third kappa shape index (κ3) is 4.20. The van der Waals surface area contributed by atoms with E-state index in [1.54, 1.807) is 23.2 Å². The van der Waals surface area contributed by atoms with Crippen molar-refractivity contribution in [3.63, 3.8) is 0 Å². The first-order valence-corrected chi connectivity index (χ1v) is 10.3. The highest BCUT2D eigenvalue weighted by atomic mass is 16.3. The van der Waals surface area contributed by atoms with E-state index in [4.69, 9.17) is 9.52 Å². The number of carbonyl (C=O) groups is 1. The predicted molar refractivity (Wildman–Crippen MR) is 124 cm³/mol. The molecule has 6 nitrogen and oxygen atoms in total. The molecule has 1 N–H and O–H groups in total. The largest absolute Gasteiger partial charge is 0.454 e. The summed E-state index contributed by atoms with van der Waals surface area (Å²) in [6.07, 6.45) is 8.59. The van der Waals surface area contributed by atoms with Gasteiger partial charge in [0.1, 0.15) is 11.3 Å². The molecule has 5 aromatic rings. The number of pyridine rings is 1. The van der Waals surface area contributed by atoms with Crippen LogP contribution in [0.1, 0.15) is 11.1 Å². The molecule has 0 fully saturated rings. The van der Waals surface area contributed by atoms with Gasteiger partial charge in [-0.3, -0.25) is 9.78 Å². The lowest BCUT2D eigenvalue weighted by Gasteiger charge is -2.01. The van der Waals surface area contributed by atoms with Crippen molar-refractivity contribution in [2.75, 3.05) is 0 Å². The van der Waals surface area contributed by atoms with E-state index in [1.165, 1.54) is 6.08 Å². The molecule has 0 aliphatic rings. The molecule has 0 radical (unpaired) electrons. The van der Waals surface area contributed by atoms with Crippen LogP contribution in [-0.4, -0.2) is 20.7 Å². The molecule has 0 aliphatic heterocycles. The Bertz CT molecular complexity index is 1350. The molecule has 3 aromatic heterocycles. The third-order valence-corrected chi connectivity index (χ3v) is 5.03. The first kappa shape index (κ1) is 19.5. The Hall–Kier alpha value is -4.45. The molecule has 32 heavy (non-hydrogen) atoms. The first-order valence-electron chi connectivity index (χ1n) is 10.3. The van der Waals surface area contributed by atoms with Gasteiger partial charge in [-0.1, -0.05) is 42.5 Å². The lowest BCUT2D eigenvalue weighted by atomic mass is 10.2. The minimum atomic E-state index is -0.197. The molecule has 5 rings (SSSR count). The maximum Gasteiger partial charge on any atom is 0.244 e. The summed E-state index contributed by atoms with van der Waals surface area (Å²) in [5, 5.41) is 8.62. The Morgan fingerprint density at radius 1 is 1.03 bits per heavy atom. The van der Waals surface area contributed by atoms with E-state index in [-0.39, 0.29) is 5.91 Å². The van der Waals surface area contributed by atoms with Crippen molar-refractivity contribution >= 4 is 23.0 Å². The van der Waals surface area contributed by atoms with E-state index in [1.807, 2.05) is 79.0 Å². The second-order valence-electron chi connectivity index (χ2n) is 7.27. The van der Waals surface area contributed by atoms with Crippen LogP contribution in [0.2, 0.25) is 0 Å². The summed E-state index contributed by atoms with van der Waals surface area (Å²) in [5.74, 6) is 0.452. The monoisotopic (exact) mass is 420 g/mol. The number of rotatable bonds is 6. The molecule has 0 bridgehead atoms. The van der Waals surface area contributed by atoms with Gasteiger partial charge in [0.2, 0.25) is 5.91 Å². The van der Waals surface area contributed by atoms with Crippen LogP contribution in [0.5, 0.6) is 0 Å².